The Morgan fingerprint density at radius 1 is 1.41 bits per heavy atom. The zero-order valence-corrected chi connectivity index (χ0v) is 11.9. The number of nitrogens with zero attached hydrogens (tertiary/aromatic N) is 2. The normalized spacial score (nSPS) is 12.0. The maximum Gasteiger partial charge on any atom is 0.333 e. The molecule has 8 nitrogen and oxygen atoms in total. The standard InChI is InChI=1S/C14H16N4O4/c1-8(17-22)9-2-4-10(5-3-9)18-13(20)11(16-14(18)21)6-7-12(15)19/h2-5,8,20H,6-7H2,1H3,(H2,15,19)(H,16,21). The molecule has 0 aliphatic carbocycles. The number of rotatable bonds is 6. The van der Waals surface area contributed by atoms with Crippen LogP contribution in [0.1, 0.15) is 30.6 Å². The molecule has 1 atom stereocenters. The van der Waals surface area contributed by atoms with E-state index in [1.165, 1.54) is 0 Å². The summed E-state index contributed by atoms with van der Waals surface area (Å²) in [5.41, 5.74) is 5.92. The zero-order valence-electron chi connectivity index (χ0n) is 11.9. The van der Waals surface area contributed by atoms with Gasteiger partial charge in [-0.3, -0.25) is 4.79 Å². The fraction of sp³-hybridized carbons (Fsp3) is 0.286. The van der Waals surface area contributed by atoms with Crippen molar-refractivity contribution in [1.29, 1.82) is 0 Å². The molecular formula is C14H16N4O4. The number of hydrogen-bond donors (Lipinski definition) is 3. The first-order valence-electron chi connectivity index (χ1n) is 6.68. The number of aromatic hydroxyl groups is 1. The summed E-state index contributed by atoms with van der Waals surface area (Å²) in [6.45, 7) is 1.66. The van der Waals surface area contributed by atoms with E-state index in [1.54, 1.807) is 31.2 Å². The second-order valence-electron chi connectivity index (χ2n) is 4.91. The van der Waals surface area contributed by atoms with Crippen molar-refractivity contribution in [3.05, 3.63) is 50.9 Å². The molecule has 116 valence electrons. The third kappa shape index (κ3) is 3.05. The highest BCUT2D eigenvalue weighted by Gasteiger charge is 2.15. The number of primary amides is 1. The number of benzene rings is 1. The molecule has 1 amide bonds. The molecule has 2 rings (SSSR count). The molecule has 0 bridgehead atoms. The predicted octanol–water partition coefficient (Wildman–Crippen LogP) is 1.12. The number of H-pyrrole nitrogens is 1. The molecule has 0 spiro atoms. The van der Waals surface area contributed by atoms with Gasteiger partial charge in [0, 0.05) is 12.8 Å². The van der Waals surface area contributed by atoms with Crippen LogP contribution >= 0.6 is 0 Å². The SMILES string of the molecule is CC(N=O)c1ccc(-n2c(O)c(CCC(N)=O)[nH]c2=O)cc1. The molecule has 1 aromatic heterocycles. The minimum atomic E-state index is -0.522. The quantitative estimate of drug-likeness (QED) is 0.690. The van der Waals surface area contributed by atoms with E-state index in [-0.39, 0.29) is 24.4 Å². The van der Waals surface area contributed by atoms with Crippen LogP contribution in [0.5, 0.6) is 5.88 Å². The molecule has 0 radical (unpaired) electrons. The van der Waals surface area contributed by atoms with E-state index in [0.29, 0.717) is 11.3 Å². The van der Waals surface area contributed by atoms with Crippen molar-refractivity contribution in [2.75, 3.05) is 0 Å². The van der Waals surface area contributed by atoms with E-state index in [1.807, 2.05) is 0 Å². The van der Waals surface area contributed by atoms with Crippen LogP contribution in [0.25, 0.3) is 5.69 Å². The third-order valence-electron chi connectivity index (χ3n) is 3.36. The van der Waals surface area contributed by atoms with E-state index in [4.69, 9.17) is 5.73 Å². The number of aromatic amines is 1. The van der Waals surface area contributed by atoms with Gasteiger partial charge in [-0.1, -0.05) is 17.3 Å². The van der Waals surface area contributed by atoms with Crippen molar-refractivity contribution in [2.45, 2.75) is 25.8 Å². The van der Waals surface area contributed by atoms with Crippen LogP contribution < -0.4 is 11.4 Å². The molecule has 1 aromatic carbocycles. The summed E-state index contributed by atoms with van der Waals surface area (Å²) in [5, 5.41) is 13.0. The monoisotopic (exact) mass is 304 g/mol. The number of aryl methyl sites for hydroxylation is 1. The maximum atomic E-state index is 11.9. The van der Waals surface area contributed by atoms with Crippen LogP contribution in [0.15, 0.2) is 34.2 Å². The third-order valence-corrected chi connectivity index (χ3v) is 3.36. The average molecular weight is 304 g/mol. The fourth-order valence-electron chi connectivity index (χ4n) is 2.10. The maximum absolute atomic E-state index is 11.9. The van der Waals surface area contributed by atoms with Crippen molar-refractivity contribution >= 4 is 5.91 Å². The number of nitroso groups, excluding NO2 is 1. The van der Waals surface area contributed by atoms with Crippen LogP contribution in [0, 0.1) is 4.91 Å². The molecule has 8 heteroatoms. The summed E-state index contributed by atoms with van der Waals surface area (Å²) in [4.78, 5) is 35.7. The highest BCUT2D eigenvalue weighted by atomic mass is 16.3. The van der Waals surface area contributed by atoms with E-state index in [9.17, 15) is 19.6 Å². The van der Waals surface area contributed by atoms with Gasteiger partial charge in [0.2, 0.25) is 11.8 Å². The van der Waals surface area contributed by atoms with Crippen molar-refractivity contribution in [1.82, 2.24) is 9.55 Å². The summed E-state index contributed by atoms with van der Waals surface area (Å²) >= 11 is 0. The van der Waals surface area contributed by atoms with Crippen molar-refractivity contribution in [2.24, 2.45) is 10.9 Å². The summed E-state index contributed by atoms with van der Waals surface area (Å²) in [7, 11) is 0. The number of nitrogens with one attached hydrogen (secondary N) is 1. The van der Waals surface area contributed by atoms with Gasteiger partial charge >= 0.3 is 5.69 Å². The van der Waals surface area contributed by atoms with Gasteiger partial charge in [0.05, 0.1) is 11.4 Å². The Hall–Kier alpha value is -2.90. The van der Waals surface area contributed by atoms with E-state index in [0.717, 1.165) is 4.57 Å². The molecule has 0 aliphatic rings. The molecular weight excluding hydrogens is 288 g/mol. The highest BCUT2D eigenvalue weighted by molar-refractivity contribution is 5.74. The van der Waals surface area contributed by atoms with Crippen LogP contribution in [0.4, 0.5) is 0 Å². The smallest absolute Gasteiger partial charge is 0.333 e. The van der Waals surface area contributed by atoms with E-state index < -0.39 is 17.6 Å². The zero-order chi connectivity index (χ0) is 16.3. The Bertz CT molecular complexity index is 745. The Balaban J connectivity index is 2.34. The predicted molar refractivity (Wildman–Crippen MR) is 79.8 cm³/mol. The lowest BCUT2D eigenvalue weighted by Gasteiger charge is -2.06. The van der Waals surface area contributed by atoms with Crippen LogP contribution in [0.3, 0.4) is 0 Å². The number of carbonyl (C=O) groups is 1. The minimum absolute atomic E-state index is 0.0228. The van der Waals surface area contributed by atoms with Crippen molar-refractivity contribution < 1.29 is 9.90 Å². The number of carbonyl (C=O) groups excluding carboxylic acids is 1. The number of imidazole rings is 1. The number of nitrogens with two attached hydrogens (primary N) is 1. The Morgan fingerprint density at radius 2 is 2.05 bits per heavy atom. The molecule has 0 saturated carbocycles. The van der Waals surface area contributed by atoms with Gasteiger partial charge in [-0.25, -0.2) is 9.36 Å². The fourth-order valence-corrected chi connectivity index (χ4v) is 2.10. The molecule has 2 aromatic rings. The first-order valence-corrected chi connectivity index (χ1v) is 6.68. The number of amides is 1. The summed E-state index contributed by atoms with van der Waals surface area (Å²) in [5.74, 6) is -0.784. The second kappa shape index (κ2) is 6.25. The lowest BCUT2D eigenvalue weighted by atomic mass is 10.1. The first kappa shape index (κ1) is 15.5. The van der Waals surface area contributed by atoms with Crippen LogP contribution in [-0.4, -0.2) is 20.6 Å². The summed E-state index contributed by atoms with van der Waals surface area (Å²) < 4.78 is 1.08. The molecule has 0 saturated heterocycles. The first-order chi connectivity index (χ1) is 10.4. The average Bonchev–Trinajstić information content (AvgIpc) is 2.79. The van der Waals surface area contributed by atoms with Crippen molar-refractivity contribution in [3.8, 4) is 11.6 Å². The van der Waals surface area contributed by atoms with Gasteiger partial charge in [0.1, 0.15) is 6.04 Å². The largest absolute Gasteiger partial charge is 0.493 e. The van der Waals surface area contributed by atoms with Gasteiger partial charge in [-0.15, -0.1) is 0 Å². The molecule has 0 aliphatic heterocycles. The van der Waals surface area contributed by atoms with Gasteiger partial charge in [-0.05, 0) is 24.6 Å². The topological polar surface area (TPSA) is 131 Å². The molecule has 1 heterocycles. The van der Waals surface area contributed by atoms with E-state index >= 15 is 0 Å². The number of hydrogen-bond acceptors (Lipinski definition) is 5. The van der Waals surface area contributed by atoms with Gasteiger partial charge in [-0.2, -0.15) is 4.91 Å². The van der Waals surface area contributed by atoms with Crippen LogP contribution in [-0.2, 0) is 11.2 Å². The van der Waals surface area contributed by atoms with Crippen molar-refractivity contribution in [3.63, 3.8) is 0 Å². The lowest BCUT2D eigenvalue weighted by molar-refractivity contribution is -0.118. The highest BCUT2D eigenvalue weighted by Crippen LogP contribution is 2.22. The van der Waals surface area contributed by atoms with Gasteiger partial charge in [0.15, 0.2) is 0 Å². The summed E-state index contributed by atoms with van der Waals surface area (Å²) in [6.07, 6.45) is 0.169. The van der Waals surface area contributed by atoms with Gasteiger partial charge < -0.3 is 15.8 Å². The summed E-state index contributed by atoms with van der Waals surface area (Å²) in [6, 6.07) is 6.03. The molecule has 1 unspecified atom stereocenters. The second-order valence-corrected chi connectivity index (χ2v) is 4.91. The van der Waals surface area contributed by atoms with Gasteiger partial charge in [0.25, 0.3) is 0 Å². The molecule has 4 N–H and O–H groups in total. The Kier molecular flexibility index (Phi) is 4.40. The minimum Gasteiger partial charge on any atom is -0.493 e. The Labute approximate surface area is 125 Å². The van der Waals surface area contributed by atoms with E-state index in [2.05, 4.69) is 10.2 Å². The lowest BCUT2D eigenvalue weighted by Crippen LogP contribution is -2.14. The van der Waals surface area contributed by atoms with Crippen LogP contribution in [0.2, 0.25) is 0 Å². The number of aromatic nitrogens is 2. The molecule has 0 fully saturated rings. The Morgan fingerprint density at radius 3 is 2.59 bits per heavy atom. The molecule has 22 heavy (non-hydrogen) atoms.